The fraction of sp³-hybridized carbons (Fsp3) is 0.294. The summed E-state index contributed by atoms with van der Waals surface area (Å²) in [5.74, 6) is 1.49. The van der Waals surface area contributed by atoms with E-state index < -0.39 is 0 Å². The minimum Gasteiger partial charge on any atom is -0.493 e. The Morgan fingerprint density at radius 2 is 2.10 bits per heavy atom. The van der Waals surface area contributed by atoms with Crippen molar-refractivity contribution in [1.82, 2.24) is 0 Å². The fourth-order valence-corrected chi connectivity index (χ4v) is 2.91. The fourth-order valence-electron chi connectivity index (χ4n) is 2.47. The zero-order valence-electron chi connectivity index (χ0n) is 11.6. The number of alkyl halides is 1. The smallest absolute Gasteiger partial charge is 0.123 e. The van der Waals surface area contributed by atoms with Gasteiger partial charge in [-0.1, -0.05) is 28.1 Å². The molecule has 0 bridgehead atoms. The molecular weight excluding hydrogens is 335 g/mol. The molecule has 0 saturated heterocycles. The molecule has 0 fully saturated rings. The molecule has 110 valence electrons. The molecule has 2 nitrogen and oxygen atoms in total. The zero-order valence-corrected chi connectivity index (χ0v) is 13.2. The quantitative estimate of drug-likeness (QED) is 0.749. The molecule has 0 saturated carbocycles. The molecule has 1 heterocycles. The Balaban J connectivity index is 1.61. The van der Waals surface area contributed by atoms with Crippen molar-refractivity contribution >= 4 is 15.9 Å². The van der Waals surface area contributed by atoms with E-state index in [4.69, 9.17) is 9.47 Å². The summed E-state index contributed by atoms with van der Waals surface area (Å²) in [7, 11) is 0. The number of fused-ring (bicyclic) bond motifs is 1. The van der Waals surface area contributed by atoms with Gasteiger partial charge in [0.15, 0.2) is 0 Å². The lowest BCUT2D eigenvalue weighted by atomic mass is 10.1. The van der Waals surface area contributed by atoms with Crippen LogP contribution >= 0.6 is 15.9 Å². The van der Waals surface area contributed by atoms with Crippen LogP contribution in [0.4, 0.5) is 4.39 Å². The SMILES string of the molecule is Fc1ccc(OCCc2ccc3c(c2)CCO3)c(CBr)c1. The number of hydrogen-bond donors (Lipinski definition) is 0. The zero-order chi connectivity index (χ0) is 14.7. The average Bonchev–Trinajstić information content (AvgIpc) is 2.96. The number of halogens is 2. The molecule has 4 heteroatoms. The molecule has 0 unspecified atom stereocenters. The van der Waals surface area contributed by atoms with Gasteiger partial charge in [0, 0.05) is 23.7 Å². The largest absolute Gasteiger partial charge is 0.493 e. The second-order valence-corrected chi connectivity index (χ2v) is 5.59. The van der Waals surface area contributed by atoms with Gasteiger partial charge in [0.05, 0.1) is 13.2 Å². The lowest BCUT2D eigenvalue weighted by Crippen LogP contribution is -2.03. The molecule has 21 heavy (non-hydrogen) atoms. The first kappa shape index (κ1) is 14.4. The Bertz CT molecular complexity index is 643. The maximum absolute atomic E-state index is 13.2. The molecule has 0 spiro atoms. The third-order valence-electron chi connectivity index (χ3n) is 3.57. The highest BCUT2D eigenvalue weighted by Crippen LogP contribution is 2.26. The van der Waals surface area contributed by atoms with E-state index in [-0.39, 0.29) is 5.82 Å². The lowest BCUT2D eigenvalue weighted by Gasteiger charge is -2.10. The van der Waals surface area contributed by atoms with Crippen LogP contribution in [-0.4, -0.2) is 13.2 Å². The van der Waals surface area contributed by atoms with Gasteiger partial charge in [0.2, 0.25) is 0 Å². The van der Waals surface area contributed by atoms with Crippen molar-refractivity contribution in [2.75, 3.05) is 13.2 Å². The highest BCUT2D eigenvalue weighted by molar-refractivity contribution is 9.08. The van der Waals surface area contributed by atoms with E-state index in [1.54, 1.807) is 6.07 Å². The molecule has 0 amide bonds. The van der Waals surface area contributed by atoms with Gasteiger partial charge < -0.3 is 9.47 Å². The third kappa shape index (κ3) is 3.38. The van der Waals surface area contributed by atoms with Crippen molar-refractivity contribution in [2.45, 2.75) is 18.2 Å². The van der Waals surface area contributed by atoms with Crippen molar-refractivity contribution in [3.63, 3.8) is 0 Å². The molecule has 0 N–H and O–H groups in total. The van der Waals surface area contributed by atoms with Crippen LogP contribution in [0.15, 0.2) is 36.4 Å². The summed E-state index contributed by atoms with van der Waals surface area (Å²) < 4.78 is 24.4. The maximum Gasteiger partial charge on any atom is 0.123 e. The summed E-state index contributed by atoms with van der Waals surface area (Å²) >= 11 is 3.35. The van der Waals surface area contributed by atoms with E-state index in [9.17, 15) is 4.39 Å². The Morgan fingerprint density at radius 3 is 2.95 bits per heavy atom. The van der Waals surface area contributed by atoms with Crippen molar-refractivity contribution in [1.29, 1.82) is 0 Å². The standard InChI is InChI=1S/C17H16BrFO2/c18-11-14-10-15(19)2-4-17(14)20-7-5-12-1-3-16-13(9-12)6-8-21-16/h1-4,9-10H,5-8,11H2. The summed E-state index contributed by atoms with van der Waals surface area (Å²) in [6.45, 7) is 1.35. The summed E-state index contributed by atoms with van der Waals surface area (Å²) in [6, 6.07) is 10.9. The van der Waals surface area contributed by atoms with Crippen LogP contribution in [0.2, 0.25) is 0 Å². The van der Waals surface area contributed by atoms with Crippen molar-refractivity contribution in [2.24, 2.45) is 0 Å². The predicted octanol–water partition coefficient (Wildman–Crippen LogP) is 4.28. The first-order chi connectivity index (χ1) is 10.3. The lowest BCUT2D eigenvalue weighted by molar-refractivity contribution is 0.319. The van der Waals surface area contributed by atoms with Gasteiger partial charge in [-0.05, 0) is 35.4 Å². The normalized spacial score (nSPS) is 12.9. The molecule has 0 aromatic heterocycles. The van der Waals surface area contributed by atoms with Crippen LogP contribution in [0.1, 0.15) is 16.7 Å². The van der Waals surface area contributed by atoms with Crippen LogP contribution in [0.5, 0.6) is 11.5 Å². The first-order valence-electron chi connectivity index (χ1n) is 6.98. The molecule has 0 radical (unpaired) electrons. The van der Waals surface area contributed by atoms with Gasteiger partial charge in [-0.3, -0.25) is 0 Å². The molecule has 0 atom stereocenters. The highest BCUT2D eigenvalue weighted by atomic mass is 79.9. The van der Waals surface area contributed by atoms with Crippen LogP contribution < -0.4 is 9.47 Å². The van der Waals surface area contributed by atoms with Crippen molar-refractivity contribution < 1.29 is 13.9 Å². The van der Waals surface area contributed by atoms with Crippen LogP contribution in [0.25, 0.3) is 0 Å². The molecule has 1 aliphatic rings. The van der Waals surface area contributed by atoms with Crippen LogP contribution in [0, 0.1) is 5.82 Å². The van der Waals surface area contributed by atoms with E-state index in [1.807, 2.05) is 6.07 Å². The van der Waals surface area contributed by atoms with Gasteiger partial charge in [-0.15, -0.1) is 0 Å². The molecule has 0 aliphatic carbocycles. The Labute approximate surface area is 132 Å². The van der Waals surface area contributed by atoms with E-state index >= 15 is 0 Å². The molecule has 1 aliphatic heterocycles. The monoisotopic (exact) mass is 350 g/mol. The minimum atomic E-state index is -0.240. The van der Waals surface area contributed by atoms with E-state index in [2.05, 4.69) is 28.1 Å². The van der Waals surface area contributed by atoms with Crippen LogP contribution in [0.3, 0.4) is 0 Å². The first-order valence-corrected chi connectivity index (χ1v) is 8.10. The summed E-state index contributed by atoms with van der Waals surface area (Å²) in [6.07, 6.45) is 1.81. The average molecular weight is 351 g/mol. The topological polar surface area (TPSA) is 18.5 Å². The minimum absolute atomic E-state index is 0.240. The van der Waals surface area contributed by atoms with Gasteiger partial charge in [0.1, 0.15) is 17.3 Å². The number of benzene rings is 2. The third-order valence-corrected chi connectivity index (χ3v) is 4.17. The molecule has 2 aromatic rings. The van der Waals surface area contributed by atoms with Gasteiger partial charge in [0.25, 0.3) is 0 Å². The Hall–Kier alpha value is -1.55. The second kappa shape index (κ2) is 6.48. The molecular formula is C17H16BrFO2. The van der Waals surface area contributed by atoms with E-state index in [1.165, 1.54) is 23.3 Å². The van der Waals surface area contributed by atoms with E-state index in [0.717, 1.165) is 36.5 Å². The predicted molar refractivity (Wildman–Crippen MR) is 83.9 cm³/mol. The van der Waals surface area contributed by atoms with Crippen LogP contribution in [-0.2, 0) is 18.2 Å². The Kier molecular flexibility index (Phi) is 4.44. The summed E-state index contributed by atoms with van der Waals surface area (Å²) in [5.41, 5.74) is 3.34. The number of ether oxygens (including phenoxy) is 2. The molecule has 3 rings (SSSR count). The summed E-state index contributed by atoms with van der Waals surface area (Å²) in [4.78, 5) is 0. The second-order valence-electron chi connectivity index (χ2n) is 5.02. The van der Waals surface area contributed by atoms with Crippen molar-refractivity contribution in [3.8, 4) is 11.5 Å². The number of rotatable bonds is 5. The van der Waals surface area contributed by atoms with Gasteiger partial charge in [-0.2, -0.15) is 0 Å². The maximum atomic E-state index is 13.2. The van der Waals surface area contributed by atoms with Gasteiger partial charge >= 0.3 is 0 Å². The number of hydrogen-bond acceptors (Lipinski definition) is 2. The summed E-state index contributed by atoms with van der Waals surface area (Å²) in [5, 5.41) is 0.580. The Morgan fingerprint density at radius 1 is 1.19 bits per heavy atom. The molecule has 2 aromatic carbocycles. The highest BCUT2D eigenvalue weighted by Gasteiger charge is 2.12. The van der Waals surface area contributed by atoms with Gasteiger partial charge in [-0.25, -0.2) is 4.39 Å². The van der Waals surface area contributed by atoms with Crippen molar-refractivity contribution in [3.05, 3.63) is 58.9 Å². The van der Waals surface area contributed by atoms with E-state index in [0.29, 0.717) is 11.9 Å².